The van der Waals surface area contributed by atoms with Crippen molar-refractivity contribution in [3.63, 3.8) is 0 Å². The highest BCUT2D eigenvalue weighted by molar-refractivity contribution is 14.0. The molecule has 0 radical (unpaired) electrons. The molecule has 7 heteroatoms. The summed E-state index contributed by atoms with van der Waals surface area (Å²) in [6.07, 6.45) is 7.37. The molecule has 6 nitrogen and oxygen atoms in total. The fourth-order valence-corrected chi connectivity index (χ4v) is 3.67. The normalized spacial score (nSPS) is 15.7. The van der Waals surface area contributed by atoms with E-state index in [1.54, 1.807) is 6.26 Å². The number of hydrogen-bond donors (Lipinski definition) is 2. The van der Waals surface area contributed by atoms with Crippen LogP contribution < -0.4 is 10.6 Å². The molecular weight excluding hydrogens is 503 g/mol. The predicted molar refractivity (Wildman–Crippen MR) is 136 cm³/mol. The molecule has 170 valence electrons. The monoisotopic (exact) mass is 538 g/mol. The molecule has 0 aliphatic carbocycles. The topological polar surface area (TPSA) is 69.9 Å². The lowest BCUT2D eigenvalue weighted by Gasteiger charge is -2.21. The van der Waals surface area contributed by atoms with Crippen molar-refractivity contribution in [1.82, 2.24) is 15.5 Å². The Hall–Kier alpha value is -2.03. The van der Waals surface area contributed by atoms with Crippen LogP contribution in [-0.4, -0.2) is 42.9 Å². The molecule has 2 N–H and O–H groups in total. The van der Waals surface area contributed by atoms with Gasteiger partial charge in [-0.25, -0.2) is 0 Å². The van der Waals surface area contributed by atoms with Crippen LogP contribution in [0, 0.1) is 0 Å². The number of carbonyl (C=O) groups excluding carboxylic acids is 1. The summed E-state index contributed by atoms with van der Waals surface area (Å²) in [4.78, 5) is 18.9. The van der Waals surface area contributed by atoms with Crippen molar-refractivity contribution in [1.29, 1.82) is 0 Å². The molecule has 1 unspecified atom stereocenters. The van der Waals surface area contributed by atoms with Gasteiger partial charge in [0.25, 0.3) is 0 Å². The molecule has 2 heterocycles. The van der Waals surface area contributed by atoms with Gasteiger partial charge in [0.15, 0.2) is 5.96 Å². The van der Waals surface area contributed by atoms with Crippen LogP contribution in [0.25, 0.3) is 0 Å². The first-order valence-corrected chi connectivity index (χ1v) is 11.1. The first-order valence-electron chi connectivity index (χ1n) is 11.1. The van der Waals surface area contributed by atoms with Gasteiger partial charge in [-0.05, 0) is 43.9 Å². The van der Waals surface area contributed by atoms with Crippen LogP contribution in [0.5, 0.6) is 0 Å². The number of aliphatic imine (C=N–C) groups is 1. The zero-order chi connectivity index (χ0) is 21.0. The second-order valence-electron chi connectivity index (χ2n) is 7.81. The van der Waals surface area contributed by atoms with E-state index in [1.807, 2.05) is 35.2 Å². The lowest BCUT2D eigenvalue weighted by Crippen LogP contribution is -2.40. The third-order valence-electron chi connectivity index (χ3n) is 5.42. The number of hydrogen-bond acceptors (Lipinski definition) is 3. The number of amides is 1. The van der Waals surface area contributed by atoms with E-state index in [1.165, 1.54) is 5.56 Å². The van der Waals surface area contributed by atoms with E-state index >= 15 is 0 Å². The van der Waals surface area contributed by atoms with E-state index in [9.17, 15) is 4.79 Å². The van der Waals surface area contributed by atoms with Gasteiger partial charge in [-0.3, -0.25) is 9.79 Å². The molecule has 1 aliphatic heterocycles. The molecule has 2 aromatic rings. The van der Waals surface area contributed by atoms with Crippen LogP contribution in [0.3, 0.4) is 0 Å². The third-order valence-corrected chi connectivity index (χ3v) is 5.42. The Morgan fingerprint density at radius 3 is 2.77 bits per heavy atom. The summed E-state index contributed by atoms with van der Waals surface area (Å²) in [6, 6.07) is 14.4. The van der Waals surface area contributed by atoms with E-state index < -0.39 is 0 Å². The molecule has 3 rings (SSSR count). The first-order chi connectivity index (χ1) is 14.7. The molecule has 1 aliphatic rings. The van der Waals surface area contributed by atoms with E-state index in [2.05, 4.69) is 29.7 Å². The minimum absolute atomic E-state index is 0. The highest BCUT2D eigenvalue weighted by Gasteiger charge is 2.15. The molecule has 1 fully saturated rings. The maximum Gasteiger partial charge on any atom is 0.222 e. The Balaban J connectivity index is 0.00000341. The molecule has 1 saturated heterocycles. The second kappa shape index (κ2) is 14.1. The summed E-state index contributed by atoms with van der Waals surface area (Å²) in [5, 5.41) is 6.91. The van der Waals surface area contributed by atoms with Gasteiger partial charge < -0.3 is 20.0 Å². The fourth-order valence-electron chi connectivity index (χ4n) is 3.67. The Labute approximate surface area is 202 Å². The minimum atomic E-state index is 0. The number of nitrogens with one attached hydrogen (secondary N) is 2. The van der Waals surface area contributed by atoms with Gasteiger partial charge in [0, 0.05) is 39.0 Å². The number of likely N-dealkylation sites (tertiary alicyclic amines) is 1. The van der Waals surface area contributed by atoms with Crippen LogP contribution in [0.15, 0.2) is 58.1 Å². The number of carbonyl (C=O) groups is 1. The summed E-state index contributed by atoms with van der Waals surface area (Å²) < 4.78 is 5.41. The third kappa shape index (κ3) is 8.93. The average Bonchev–Trinajstić information content (AvgIpc) is 3.20. The Morgan fingerprint density at radius 1 is 1.16 bits per heavy atom. The second-order valence-corrected chi connectivity index (χ2v) is 7.81. The van der Waals surface area contributed by atoms with Gasteiger partial charge in [0.05, 0.1) is 12.3 Å². The maximum atomic E-state index is 12.2. The van der Waals surface area contributed by atoms with Crippen molar-refractivity contribution in [2.45, 2.75) is 51.5 Å². The van der Waals surface area contributed by atoms with Crippen LogP contribution in [-0.2, 0) is 11.2 Å². The van der Waals surface area contributed by atoms with Gasteiger partial charge in [-0.15, -0.1) is 24.0 Å². The lowest BCUT2D eigenvalue weighted by atomic mass is 10.1. The molecule has 1 aromatic heterocycles. The van der Waals surface area contributed by atoms with E-state index in [0.717, 1.165) is 63.5 Å². The number of benzene rings is 1. The summed E-state index contributed by atoms with van der Waals surface area (Å²) in [5.74, 6) is 2.04. The predicted octanol–water partition coefficient (Wildman–Crippen LogP) is 4.53. The lowest BCUT2D eigenvalue weighted by molar-refractivity contribution is -0.130. The van der Waals surface area contributed by atoms with Crippen LogP contribution >= 0.6 is 24.0 Å². The molecule has 0 bridgehead atoms. The molecule has 31 heavy (non-hydrogen) atoms. The van der Waals surface area contributed by atoms with Crippen molar-refractivity contribution in [3.05, 3.63) is 60.1 Å². The summed E-state index contributed by atoms with van der Waals surface area (Å²) in [6.45, 7) is 5.23. The zero-order valence-electron chi connectivity index (χ0n) is 18.4. The number of halogens is 1. The maximum absolute atomic E-state index is 12.2. The highest BCUT2D eigenvalue weighted by atomic mass is 127. The highest BCUT2D eigenvalue weighted by Crippen LogP contribution is 2.12. The van der Waals surface area contributed by atoms with Crippen molar-refractivity contribution < 1.29 is 9.21 Å². The largest absolute Gasteiger partial charge is 0.469 e. The molecule has 0 saturated carbocycles. The standard InChI is InChI=1S/C24H34N4O2.HI/c1-20(21-10-4-2-5-11-21)27-24(26-16-14-22-12-8-19-30-22)25-15-9-18-28-17-7-3-6-13-23(28)29;/h2,4-5,8,10-12,19-20H,3,6-7,9,13-18H2,1H3,(H2,25,26,27);1H. The van der Waals surface area contributed by atoms with Gasteiger partial charge in [-0.1, -0.05) is 36.8 Å². The number of guanidine groups is 1. The SMILES string of the molecule is CC(NC(=NCCCN1CCCCCC1=O)NCCc1ccco1)c1ccccc1.I. The molecule has 1 amide bonds. The molecular formula is C24H35IN4O2. The van der Waals surface area contributed by atoms with E-state index in [0.29, 0.717) is 18.9 Å². The summed E-state index contributed by atoms with van der Waals surface area (Å²) in [5.41, 5.74) is 1.22. The molecule has 1 atom stereocenters. The Morgan fingerprint density at radius 2 is 2.00 bits per heavy atom. The van der Waals surface area contributed by atoms with E-state index in [4.69, 9.17) is 9.41 Å². The van der Waals surface area contributed by atoms with Gasteiger partial charge in [-0.2, -0.15) is 0 Å². The van der Waals surface area contributed by atoms with Crippen molar-refractivity contribution in [2.24, 2.45) is 4.99 Å². The quantitative estimate of drug-likeness (QED) is 0.213. The smallest absolute Gasteiger partial charge is 0.222 e. The summed E-state index contributed by atoms with van der Waals surface area (Å²) >= 11 is 0. The van der Waals surface area contributed by atoms with Gasteiger partial charge in [0.1, 0.15) is 5.76 Å². The molecule has 0 spiro atoms. The van der Waals surface area contributed by atoms with Crippen molar-refractivity contribution in [3.8, 4) is 0 Å². The Kier molecular flexibility index (Phi) is 11.5. The van der Waals surface area contributed by atoms with Crippen LogP contribution in [0.4, 0.5) is 0 Å². The zero-order valence-corrected chi connectivity index (χ0v) is 20.7. The number of furan rings is 1. The Bertz CT molecular complexity index is 780. The fraction of sp³-hybridized carbons (Fsp3) is 0.500. The van der Waals surface area contributed by atoms with Crippen molar-refractivity contribution >= 4 is 35.8 Å². The average molecular weight is 538 g/mol. The number of rotatable bonds is 9. The van der Waals surface area contributed by atoms with Gasteiger partial charge in [0.2, 0.25) is 5.91 Å². The minimum Gasteiger partial charge on any atom is -0.469 e. The summed E-state index contributed by atoms with van der Waals surface area (Å²) in [7, 11) is 0. The van der Waals surface area contributed by atoms with Gasteiger partial charge >= 0.3 is 0 Å². The molecule has 1 aromatic carbocycles. The van der Waals surface area contributed by atoms with E-state index in [-0.39, 0.29) is 30.0 Å². The van der Waals surface area contributed by atoms with Crippen molar-refractivity contribution in [2.75, 3.05) is 26.2 Å². The van der Waals surface area contributed by atoms with Crippen LogP contribution in [0.1, 0.15) is 56.4 Å². The van der Waals surface area contributed by atoms with Crippen LogP contribution in [0.2, 0.25) is 0 Å². The number of nitrogens with zero attached hydrogens (tertiary/aromatic N) is 2. The first kappa shape index (κ1) is 25.2.